The second-order valence-electron chi connectivity index (χ2n) is 3.63. The monoisotopic (exact) mass is 230 g/mol. The van der Waals surface area contributed by atoms with Crippen LogP contribution in [-0.2, 0) is 10.2 Å². The molecule has 2 aliphatic rings. The quantitative estimate of drug-likeness (QED) is 0.702. The summed E-state index contributed by atoms with van der Waals surface area (Å²) in [4.78, 5) is 2.34. The highest BCUT2D eigenvalue weighted by Crippen LogP contribution is 2.05. The SMILES string of the molecule is O=S1(=O)N=CC(NCCN2CCCC2)=N1. The van der Waals surface area contributed by atoms with Crippen LogP contribution in [0.25, 0.3) is 0 Å². The molecule has 1 saturated heterocycles. The fourth-order valence-corrected chi connectivity index (χ4v) is 2.35. The van der Waals surface area contributed by atoms with Crippen molar-refractivity contribution in [3.05, 3.63) is 0 Å². The first-order chi connectivity index (χ1) is 7.16. The van der Waals surface area contributed by atoms with Gasteiger partial charge in [0.1, 0.15) is 0 Å². The molecule has 0 radical (unpaired) electrons. The van der Waals surface area contributed by atoms with Crippen molar-refractivity contribution in [3.63, 3.8) is 0 Å². The minimum atomic E-state index is -3.56. The lowest BCUT2D eigenvalue weighted by molar-refractivity contribution is 0.344. The maximum atomic E-state index is 10.8. The van der Waals surface area contributed by atoms with Crippen molar-refractivity contribution < 1.29 is 8.42 Å². The number of hydrogen-bond donors (Lipinski definition) is 1. The van der Waals surface area contributed by atoms with Gasteiger partial charge in [0.2, 0.25) is 0 Å². The van der Waals surface area contributed by atoms with Crippen LogP contribution in [-0.4, -0.2) is 51.5 Å². The molecule has 0 saturated carbocycles. The van der Waals surface area contributed by atoms with Crippen molar-refractivity contribution in [1.82, 2.24) is 10.2 Å². The Bertz CT molecular complexity index is 381. The summed E-state index contributed by atoms with van der Waals surface area (Å²) in [7, 11) is -3.56. The molecule has 15 heavy (non-hydrogen) atoms. The standard InChI is InChI=1S/C8H14N4O2S/c13-15(14)10-7-8(11-15)9-3-6-12-4-1-2-5-12/h7H,1-6H2,(H,9,11). The Morgan fingerprint density at radius 3 is 2.73 bits per heavy atom. The largest absolute Gasteiger partial charge is 0.367 e. The van der Waals surface area contributed by atoms with E-state index in [4.69, 9.17) is 0 Å². The molecule has 0 spiro atoms. The number of hydrogen-bond acceptors (Lipinski definition) is 4. The number of nitrogens with one attached hydrogen (secondary N) is 1. The van der Waals surface area contributed by atoms with E-state index in [1.54, 1.807) is 0 Å². The molecule has 0 aromatic rings. The van der Waals surface area contributed by atoms with Crippen molar-refractivity contribution in [2.45, 2.75) is 12.8 Å². The molecule has 6 nitrogen and oxygen atoms in total. The number of likely N-dealkylation sites (tertiary alicyclic amines) is 1. The van der Waals surface area contributed by atoms with Gasteiger partial charge in [-0.1, -0.05) is 0 Å². The van der Waals surface area contributed by atoms with Crippen LogP contribution < -0.4 is 5.32 Å². The van der Waals surface area contributed by atoms with Crippen LogP contribution >= 0.6 is 0 Å². The zero-order valence-electron chi connectivity index (χ0n) is 8.39. The Hall–Kier alpha value is -0.950. The van der Waals surface area contributed by atoms with E-state index in [0.29, 0.717) is 12.4 Å². The molecule has 1 N–H and O–H groups in total. The molecule has 0 aromatic heterocycles. The van der Waals surface area contributed by atoms with Crippen molar-refractivity contribution in [2.75, 3.05) is 26.2 Å². The molecule has 84 valence electrons. The molecular weight excluding hydrogens is 216 g/mol. The molecule has 2 aliphatic heterocycles. The molecule has 0 aliphatic carbocycles. The number of rotatable bonds is 3. The molecule has 0 amide bonds. The van der Waals surface area contributed by atoms with Gasteiger partial charge >= 0.3 is 10.2 Å². The first kappa shape index (κ1) is 10.6. The predicted octanol–water partition coefficient (Wildman–Crippen LogP) is -0.600. The van der Waals surface area contributed by atoms with Crippen molar-refractivity contribution in [3.8, 4) is 0 Å². The average molecular weight is 230 g/mol. The maximum absolute atomic E-state index is 10.8. The Kier molecular flexibility index (Phi) is 3.01. The van der Waals surface area contributed by atoms with Gasteiger partial charge in [-0.05, 0) is 25.9 Å². The summed E-state index contributed by atoms with van der Waals surface area (Å²) in [5, 5.41) is 2.94. The zero-order valence-corrected chi connectivity index (χ0v) is 9.20. The third-order valence-electron chi connectivity index (χ3n) is 2.45. The summed E-state index contributed by atoms with van der Waals surface area (Å²) in [5.41, 5.74) is 0. The second-order valence-corrected chi connectivity index (χ2v) is 4.92. The van der Waals surface area contributed by atoms with Gasteiger partial charge in [0.05, 0.1) is 6.21 Å². The van der Waals surface area contributed by atoms with Gasteiger partial charge in [0.15, 0.2) is 5.84 Å². The predicted molar refractivity (Wildman–Crippen MR) is 58.5 cm³/mol. The lowest BCUT2D eigenvalue weighted by Crippen LogP contribution is -2.33. The Morgan fingerprint density at radius 2 is 2.13 bits per heavy atom. The van der Waals surface area contributed by atoms with Crippen molar-refractivity contribution >= 4 is 22.3 Å². The van der Waals surface area contributed by atoms with E-state index in [1.807, 2.05) is 0 Å². The van der Waals surface area contributed by atoms with Gasteiger partial charge in [-0.2, -0.15) is 8.42 Å². The Balaban J connectivity index is 1.73. The maximum Gasteiger partial charge on any atom is 0.365 e. The number of nitrogens with zero attached hydrogens (tertiary/aromatic N) is 3. The van der Waals surface area contributed by atoms with Gasteiger partial charge in [-0.3, -0.25) is 0 Å². The van der Waals surface area contributed by atoms with Crippen LogP contribution in [0, 0.1) is 0 Å². The van der Waals surface area contributed by atoms with E-state index in [1.165, 1.54) is 19.1 Å². The summed E-state index contributed by atoms with van der Waals surface area (Å²) in [6.45, 7) is 3.91. The molecule has 1 fully saturated rings. The highest BCUT2D eigenvalue weighted by Gasteiger charge is 2.14. The second kappa shape index (κ2) is 4.28. The van der Waals surface area contributed by atoms with E-state index < -0.39 is 10.2 Å². The molecule has 0 bridgehead atoms. The first-order valence-electron chi connectivity index (χ1n) is 5.02. The van der Waals surface area contributed by atoms with E-state index >= 15 is 0 Å². The molecule has 0 unspecified atom stereocenters. The van der Waals surface area contributed by atoms with E-state index in [9.17, 15) is 8.42 Å². The summed E-state index contributed by atoms with van der Waals surface area (Å²) < 4.78 is 28.3. The third kappa shape index (κ3) is 3.00. The Morgan fingerprint density at radius 1 is 1.40 bits per heavy atom. The van der Waals surface area contributed by atoms with Crippen molar-refractivity contribution in [1.29, 1.82) is 0 Å². The minimum absolute atomic E-state index is 0.342. The van der Waals surface area contributed by atoms with Crippen LogP contribution in [0.4, 0.5) is 0 Å². The van der Waals surface area contributed by atoms with Gasteiger partial charge in [0, 0.05) is 13.1 Å². The number of amidine groups is 1. The lowest BCUT2D eigenvalue weighted by Gasteiger charge is -2.14. The molecule has 7 heteroatoms. The van der Waals surface area contributed by atoms with Crippen LogP contribution in [0.2, 0.25) is 0 Å². The van der Waals surface area contributed by atoms with Gasteiger partial charge in [0.25, 0.3) is 0 Å². The van der Waals surface area contributed by atoms with E-state index in [-0.39, 0.29) is 0 Å². The van der Waals surface area contributed by atoms with E-state index in [2.05, 4.69) is 19.0 Å². The molecule has 0 atom stereocenters. The first-order valence-corrected chi connectivity index (χ1v) is 6.42. The highest BCUT2D eigenvalue weighted by atomic mass is 32.2. The molecular formula is C8H14N4O2S. The van der Waals surface area contributed by atoms with Gasteiger partial charge in [-0.25, -0.2) is 0 Å². The minimum Gasteiger partial charge on any atom is -0.367 e. The third-order valence-corrected chi connectivity index (χ3v) is 3.25. The van der Waals surface area contributed by atoms with Crippen LogP contribution in [0.15, 0.2) is 8.80 Å². The van der Waals surface area contributed by atoms with E-state index in [0.717, 1.165) is 19.6 Å². The summed E-state index contributed by atoms with van der Waals surface area (Å²) in [6, 6.07) is 0. The average Bonchev–Trinajstić information content (AvgIpc) is 2.76. The van der Waals surface area contributed by atoms with Crippen LogP contribution in [0.1, 0.15) is 12.8 Å². The fraction of sp³-hybridized carbons (Fsp3) is 0.750. The van der Waals surface area contributed by atoms with Gasteiger partial charge < -0.3 is 10.2 Å². The van der Waals surface area contributed by atoms with Crippen LogP contribution in [0.3, 0.4) is 0 Å². The smallest absolute Gasteiger partial charge is 0.365 e. The lowest BCUT2D eigenvalue weighted by atomic mass is 10.4. The van der Waals surface area contributed by atoms with Gasteiger partial charge in [-0.15, -0.1) is 8.80 Å². The fourth-order valence-electron chi connectivity index (χ4n) is 1.71. The summed E-state index contributed by atoms with van der Waals surface area (Å²) in [6.07, 6.45) is 3.77. The Labute approximate surface area is 89.3 Å². The molecule has 2 rings (SSSR count). The summed E-state index contributed by atoms with van der Waals surface area (Å²) >= 11 is 0. The zero-order chi connectivity index (χ0) is 10.7. The molecule has 2 heterocycles. The topological polar surface area (TPSA) is 74.1 Å². The van der Waals surface area contributed by atoms with Crippen molar-refractivity contribution in [2.24, 2.45) is 8.80 Å². The highest BCUT2D eigenvalue weighted by molar-refractivity contribution is 7.89. The molecule has 0 aromatic carbocycles. The normalized spacial score (nSPS) is 24.4. The summed E-state index contributed by atoms with van der Waals surface area (Å²) in [5.74, 6) is 0.342. The van der Waals surface area contributed by atoms with Crippen LogP contribution in [0.5, 0.6) is 0 Å².